The fourth-order valence-corrected chi connectivity index (χ4v) is 2.42. The molecule has 1 saturated heterocycles. The van der Waals surface area contributed by atoms with Crippen LogP contribution in [0.25, 0.3) is 0 Å². The molecule has 2 heteroatoms. The van der Waals surface area contributed by atoms with Crippen LogP contribution in [0.1, 0.15) is 60.8 Å². The van der Waals surface area contributed by atoms with Crippen LogP contribution in [-0.2, 0) is 5.21 Å². The van der Waals surface area contributed by atoms with Crippen LogP contribution in [-0.4, -0.2) is 16.1 Å². The standard InChI is InChI=1S/C12H24NO/c1-10(2,3)12(6)9-7-8-11(4,5)13(12)14/h7-9H2,1-6H3. The molecule has 83 valence electrons. The van der Waals surface area contributed by atoms with Crippen molar-refractivity contribution < 1.29 is 5.21 Å². The molecule has 0 amide bonds. The zero-order valence-corrected chi connectivity index (χ0v) is 10.5. The smallest absolute Gasteiger partial charge is 0.0519 e. The highest BCUT2D eigenvalue weighted by atomic mass is 16.5. The maximum absolute atomic E-state index is 12.3. The Balaban J connectivity index is 3.00. The van der Waals surface area contributed by atoms with Crippen LogP contribution in [0.2, 0.25) is 0 Å². The largest absolute Gasteiger partial charge is 0.143 e. The second-order valence-corrected chi connectivity index (χ2v) is 6.48. The summed E-state index contributed by atoms with van der Waals surface area (Å²) in [5, 5.41) is 13.7. The second kappa shape index (κ2) is 3.21. The van der Waals surface area contributed by atoms with Crippen molar-refractivity contribution in [2.75, 3.05) is 0 Å². The van der Waals surface area contributed by atoms with Gasteiger partial charge in [0.15, 0.2) is 0 Å². The summed E-state index contributed by atoms with van der Waals surface area (Å²) in [6.45, 7) is 12.7. The van der Waals surface area contributed by atoms with Crippen LogP contribution in [0.4, 0.5) is 0 Å². The van der Waals surface area contributed by atoms with Crippen LogP contribution in [0.5, 0.6) is 0 Å². The van der Waals surface area contributed by atoms with Gasteiger partial charge in [0.2, 0.25) is 0 Å². The normalized spacial score (nSPS) is 34.5. The quantitative estimate of drug-likeness (QED) is 0.585. The minimum atomic E-state index is -0.214. The third kappa shape index (κ3) is 1.70. The van der Waals surface area contributed by atoms with Gasteiger partial charge in [-0.2, -0.15) is 0 Å². The molecule has 1 rings (SSSR count). The highest BCUT2D eigenvalue weighted by Gasteiger charge is 2.51. The minimum Gasteiger partial charge on any atom is -0.143 e. The molecule has 1 aliphatic heterocycles. The first-order chi connectivity index (χ1) is 6.11. The number of rotatable bonds is 0. The lowest BCUT2D eigenvalue weighted by molar-refractivity contribution is -0.313. The number of hydroxylamine groups is 2. The molecule has 0 bridgehead atoms. The van der Waals surface area contributed by atoms with E-state index < -0.39 is 0 Å². The van der Waals surface area contributed by atoms with Gasteiger partial charge in [0, 0.05) is 5.54 Å². The monoisotopic (exact) mass is 198 g/mol. The van der Waals surface area contributed by atoms with Crippen molar-refractivity contribution in [3.05, 3.63) is 0 Å². The van der Waals surface area contributed by atoms with E-state index in [4.69, 9.17) is 0 Å². The Morgan fingerprint density at radius 2 is 1.57 bits per heavy atom. The van der Waals surface area contributed by atoms with Crippen molar-refractivity contribution in [3.63, 3.8) is 0 Å². The van der Waals surface area contributed by atoms with Crippen molar-refractivity contribution in [1.29, 1.82) is 0 Å². The zero-order valence-electron chi connectivity index (χ0n) is 10.5. The summed E-state index contributed by atoms with van der Waals surface area (Å²) in [6, 6.07) is 0. The molecule has 1 atom stereocenters. The first kappa shape index (κ1) is 12.0. The molecular formula is C12H24NO. The van der Waals surface area contributed by atoms with Gasteiger partial charge in [-0.25, -0.2) is 0 Å². The van der Waals surface area contributed by atoms with Crippen LogP contribution in [0.3, 0.4) is 0 Å². The number of nitrogens with zero attached hydrogens (tertiary/aromatic N) is 1. The minimum absolute atomic E-state index is 0.0481. The van der Waals surface area contributed by atoms with Gasteiger partial charge in [0.25, 0.3) is 0 Å². The molecule has 1 unspecified atom stereocenters. The Morgan fingerprint density at radius 1 is 1.07 bits per heavy atom. The maximum atomic E-state index is 12.3. The van der Waals surface area contributed by atoms with Crippen molar-refractivity contribution in [3.8, 4) is 0 Å². The van der Waals surface area contributed by atoms with Crippen molar-refractivity contribution in [2.24, 2.45) is 5.41 Å². The number of hydrogen-bond acceptors (Lipinski definition) is 1. The van der Waals surface area contributed by atoms with Gasteiger partial charge in [-0.05, 0) is 45.4 Å². The summed E-state index contributed by atoms with van der Waals surface area (Å²) in [4.78, 5) is 0. The lowest BCUT2D eigenvalue weighted by atomic mass is 9.67. The van der Waals surface area contributed by atoms with E-state index in [1.54, 1.807) is 0 Å². The SMILES string of the molecule is CC1(C)CCCC(C)(C(C)(C)C)N1[O]. The van der Waals surface area contributed by atoms with Crippen LogP contribution in [0, 0.1) is 5.41 Å². The third-order valence-corrected chi connectivity index (χ3v) is 4.07. The van der Waals surface area contributed by atoms with E-state index in [9.17, 15) is 5.21 Å². The third-order valence-electron chi connectivity index (χ3n) is 4.07. The lowest BCUT2D eigenvalue weighted by Gasteiger charge is -2.54. The van der Waals surface area contributed by atoms with Crippen LogP contribution >= 0.6 is 0 Å². The fourth-order valence-electron chi connectivity index (χ4n) is 2.42. The molecule has 1 aliphatic rings. The molecule has 0 saturated carbocycles. The fraction of sp³-hybridized carbons (Fsp3) is 1.00. The molecule has 0 aromatic carbocycles. The first-order valence-corrected chi connectivity index (χ1v) is 5.59. The van der Waals surface area contributed by atoms with Crippen LogP contribution < -0.4 is 0 Å². The molecule has 1 heterocycles. The Labute approximate surface area is 88.3 Å². The summed E-state index contributed by atoms with van der Waals surface area (Å²) in [7, 11) is 0. The lowest BCUT2D eigenvalue weighted by Crippen LogP contribution is -2.62. The number of piperidine rings is 1. The topological polar surface area (TPSA) is 23.1 Å². The van der Waals surface area contributed by atoms with Gasteiger partial charge < -0.3 is 0 Å². The van der Waals surface area contributed by atoms with Crippen molar-refractivity contribution >= 4 is 0 Å². The Bertz CT molecular complexity index is 214. The zero-order chi connectivity index (χ0) is 11.2. The van der Waals surface area contributed by atoms with E-state index in [-0.39, 0.29) is 16.5 Å². The second-order valence-electron chi connectivity index (χ2n) is 6.48. The summed E-state index contributed by atoms with van der Waals surface area (Å²) in [6.07, 6.45) is 3.20. The summed E-state index contributed by atoms with van der Waals surface area (Å²) in [5.41, 5.74) is -0.360. The van der Waals surface area contributed by atoms with E-state index in [1.165, 1.54) is 11.5 Å². The van der Waals surface area contributed by atoms with E-state index in [2.05, 4.69) is 41.5 Å². The Morgan fingerprint density at radius 3 is 1.93 bits per heavy atom. The predicted octanol–water partition coefficient (Wildman–Crippen LogP) is 3.40. The molecule has 0 N–H and O–H groups in total. The van der Waals surface area contributed by atoms with Crippen molar-refractivity contribution in [1.82, 2.24) is 5.06 Å². The molecule has 14 heavy (non-hydrogen) atoms. The number of hydrogen-bond donors (Lipinski definition) is 0. The Hall–Kier alpha value is -0.0800. The predicted molar refractivity (Wildman–Crippen MR) is 58.3 cm³/mol. The average Bonchev–Trinajstić information content (AvgIpc) is 1.98. The molecular weight excluding hydrogens is 174 g/mol. The van der Waals surface area contributed by atoms with Gasteiger partial charge in [0.05, 0.1) is 5.54 Å². The molecule has 1 fully saturated rings. The average molecular weight is 198 g/mol. The molecule has 0 aliphatic carbocycles. The maximum Gasteiger partial charge on any atom is 0.0519 e. The van der Waals surface area contributed by atoms with Gasteiger partial charge in [-0.1, -0.05) is 20.8 Å². The van der Waals surface area contributed by atoms with E-state index >= 15 is 0 Å². The molecule has 0 aromatic heterocycles. The highest BCUT2D eigenvalue weighted by Crippen LogP contribution is 2.46. The van der Waals surface area contributed by atoms with Crippen LogP contribution in [0.15, 0.2) is 0 Å². The molecule has 2 nitrogen and oxygen atoms in total. The summed E-state index contributed by atoms with van der Waals surface area (Å²) < 4.78 is 0. The highest BCUT2D eigenvalue weighted by molar-refractivity contribution is 5.01. The van der Waals surface area contributed by atoms with Crippen molar-refractivity contribution in [2.45, 2.75) is 71.9 Å². The van der Waals surface area contributed by atoms with Gasteiger partial charge in [-0.15, -0.1) is 10.3 Å². The van der Waals surface area contributed by atoms with Gasteiger partial charge in [0.1, 0.15) is 0 Å². The first-order valence-electron chi connectivity index (χ1n) is 5.59. The van der Waals surface area contributed by atoms with Gasteiger partial charge >= 0.3 is 0 Å². The van der Waals surface area contributed by atoms with Gasteiger partial charge in [-0.3, -0.25) is 0 Å². The van der Waals surface area contributed by atoms with E-state index in [0.29, 0.717) is 0 Å². The summed E-state index contributed by atoms with van der Waals surface area (Å²) >= 11 is 0. The molecule has 1 radical (unpaired) electrons. The summed E-state index contributed by atoms with van der Waals surface area (Å²) in [5.74, 6) is 0. The van der Waals surface area contributed by atoms with E-state index in [0.717, 1.165) is 12.8 Å². The Kier molecular flexibility index (Phi) is 2.75. The van der Waals surface area contributed by atoms with E-state index in [1.807, 2.05) is 0 Å². The molecule has 0 spiro atoms. The molecule has 0 aromatic rings.